The molecule has 0 radical (unpaired) electrons. The smallest absolute Gasteiger partial charge is 0.276 e. The van der Waals surface area contributed by atoms with E-state index in [1.165, 1.54) is 5.56 Å². The number of ether oxygens (including phenoxy) is 1. The Morgan fingerprint density at radius 3 is 2.43 bits per heavy atom. The van der Waals surface area contributed by atoms with E-state index in [0.29, 0.717) is 31.1 Å². The van der Waals surface area contributed by atoms with E-state index in [2.05, 4.69) is 36.0 Å². The van der Waals surface area contributed by atoms with Crippen LogP contribution in [-0.2, 0) is 11.3 Å². The number of methoxy groups -OCH3 is 1. The van der Waals surface area contributed by atoms with Gasteiger partial charge >= 0.3 is 0 Å². The van der Waals surface area contributed by atoms with Crippen LogP contribution in [0, 0.1) is 0 Å². The number of aromatic nitrogens is 3. The number of para-hydroxylation sites is 2. The molecular formula is C29H33N5O3. The van der Waals surface area contributed by atoms with E-state index in [9.17, 15) is 9.59 Å². The molecule has 4 aromatic rings. The molecule has 0 spiro atoms. The van der Waals surface area contributed by atoms with Crippen LogP contribution in [0.5, 0.6) is 5.75 Å². The van der Waals surface area contributed by atoms with Crippen molar-refractivity contribution in [1.82, 2.24) is 19.1 Å². The molecule has 1 aliphatic heterocycles. The van der Waals surface area contributed by atoms with Crippen molar-refractivity contribution in [2.45, 2.75) is 32.7 Å². The zero-order valence-electron chi connectivity index (χ0n) is 21.6. The van der Waals surface area contributed by atoms with Crippen LogP contribution in [0.1, 0.15) is 31.7 Å². The van der Waals surface area contributed by atoms with E-state index in [4.69, 9.17) is 4.74 Å². The van der Waals surface area contributed by atoms with Gasteiger partial charge < -0.3 is 19.1 Å². The van der Waals surface area contributed by atoms with Gasteiger partial charge in [0.1, 0.15) is 11.3 Å². The first-order valence-corrected chi connectivity index (χ1v) is 12.8. The Kier molecular flexibility index (Phi) is 6.99. The number of nitrogens with zero attached hydrogens (tertiary/aromatic N) is 5. The van der Waals surface area contributed by atoms with Crippen molar-refractivity contribution < 1.29 is 9.53 Å². The summed E-state index contributed by atoms with van der Waals surface area (Å²) in [6.07, 6.45) is 3.77. The molecule has 1 saturated heterocycles. The number of piperazine rings is 1. The van der Waals surface area contributed by atoms with Gasteiger partial charge in [-0.05, 0) is 29.7 Å². The number of amides is 1. The van der Waals surface area contributed by atoms with Gasteiger partial charge in [-0.1, -0.05) is 50.2 Å². The zero-order valence-corrected chi connectivity index (χ0v) is 21.6. The predicted molar refractivity (Wildman–Crippen MR) is 145 cm³/mol. The first-order valence-electron chi connectivity index (χ1n) is 12.8. The van der Waals surface area contributed by atoms with Crippen LogP contribution in [0.3, 0.4) is 0 Å². The van der Waals surface area contributed by atoms with Crippen LogP contribution in [0.2, 0.25) is 0 Å². The highest BCUT2D eigenvalue weighted by molar-refractivity contribution is 5.76. The lowest BCUT2D eigenvalue weighted by molar-refractivity contribution is -0.131. The highest BCUT2D eigenvalue weighted by atomic mass is 16.5. The van der Waals surface area contributed by atoms with Gasteiger partial charge in [0, 0.05) is 57.1 Å². The minimum Gasteiger partial charge on any atom is -0.495 e. The van der Waals surface area contributed by atoms with E-state index in [1.807, 2.05) is 47.4 Å². The van der Waals surface area contributed by atoms with E-state index >= 15 is 0 Å². The molecule has 37 heavy (non-hydrogen) atoms. The molecule has 8 heteroatoms. The number of benzene rings is 2. The van der Waals surface area contributed by atoms with E-state index in [1.54, 1.807) is 28.6 Å². The van der Waals surface area contributed by atoms with Crippen molar-refractivity contribution in [2.24, 2.45) is 0 Å². The normalized spacial score (nSPS) is 13.9. The van der Waals surface area contributed by atoms with Gasteiger partial charge in [-0.15, -0.1) is 0 Å². The lowest BCUT2D eigenvalue weighted by Crippen LogP contribution is -2.49. The Morgan fingerprint density at radius 1 is 1.00 bits per heavy atom. The number of carbonyl (C=O) groups is 1. The van der Waals surface area contributed by atoms with Gasteiger partial charge in [-0.2, -0.15) is 5.10 Å². The predicted octanol–water partition coefficient (Wildman–Crippen LogP) is 4.03. The lowest BCUT2D eigenvalue weighted by Gasteiger charge is -2.36. The van der Waals surface area contributed by atoms with Crippen molar-refractivity contribution >= 4 is 17.1 Å². The maximum Gasteiger partial charge on any atom is 0.276 e. The maximum atomic E-state index is 13.1. The van der Waals surface area contributed by atoms with Gasteiger partial charge in [0.15, 0.2) is 0 Å². The zero-order chi connectivity index (χ0) is 25.9. The molecule has 0 N–H and O–H groups in total. The number of hydrogen-bond acceptors (Lipinski definition) is 5. The maximum absolute atomic E-state index is 13.1. The van der Waals surface area contributed by atoms with Crippen molar-refractivity contribution in [3.63, 3.8) is 0 Å². The molecule has 5 rings (SSSR count). The summed E-state index contributed by atoms with van der Waals surface area (Å²) in [6, 6.07) is 18.1. The minimum atomic E-state index is -0.145. The summed E-state index contributed by atoms with van der Waals surface area (Å²) in [4.78, 5) is 30.2. The van der Waals surface area contributed by atoms with Crippen LogP contribution >= 0.6 is 0 Å². The second-order valence-corrected chi connectivity index (χ2v) is 9.72. The Morgan fingerprint density at radius 2 is 1.73 bits per heavy atom. The molecule has 192 valence electrons. The summed E-state index contributed by atoms with van der Waals surface area (Å²) in [5.74, 6) is 1.36. The second-order valence-electron chi connectivity index (χ2n) is 9.72. The van der Waals surface area contributed by atoms with E-state index in [0.717, 1.165) is 35.8 Å². The van der Waals surface area contributed by atoms with Gasteiger partial charge in [-0.3, -0.25) is 9.59 Å². The largest absolute Gasteiger partial charge is 0.495 e. The first-order chi connectivity index (χ1) is 17.9. The van der Waals surface area contributed by atoms with Crippen LogP contribution in [0.25, 0.3) is 16.8 Å². The number of fused-ring (bicyclic) bond motifs is 1. The molecule has 1 amide bonds. The van der Waals surface area contributed by atoms with Crippen molar-refractivity contribution in [3.8, 4) is 17.0 Å². The van der Waals surface area contributed by atoms with Crippen molar-refractivity contribution in [1.29, 1.82) is 0 Å². The van der Waals surface area contributed by atoms with Gasteiger partial charge in [-0.25, -0.2) is 4.52 Å². The fourth-order valence-electron chi connectivity index (χ4n) is 4.84. The third kappa shape index (κ3) is 5.09. The highest BCUT2D eigenvalue weighted by Gasteiger charge is 2.23. The summed E-state index contributed by atoms with van der Waals surface area (Å²) in [5.41, 5.74) is 4.40. The quantitative estimate of drug-likeness (QED) is 0.384. The van der Waals surface area contributed by atoms with Crippen molar-refractivity contribution in [2.75, 3.05) is 38.2 Å². The fourth-order valence-corrected chi connectivity index (χ4v) is 4.84. The standard InChI is InChI=1S/C29H33N5O3/c1-21(2)22-8-10-23(11-9-22)24-20-26-29(36)33(18-19-34(26)30-24)13-12-28(35)32-16-14-31(15-17-32)25-6-4-5-7-27(25)37-3/h4-11,18-21H,12-17H2,1-3H3. The SMILES string of the molecule is COc1ccccc1N1CCN(C(=O)CCn2ccn3nc(-c4ccc(C(C)C)cc4)cc3c2=O)CC1. The fraction of sp³-hybridized carbons (Fsp3) is 0.345. The highest BCUT2D eigenvalue weighted by Crippen LogP contribution is 2.28. The number of hydrogen-bond donors (Lipinski definition) is 0. The van der Waals surface area contributed by atoms with Crippen LogP contribution in [0.4, 0.5) is 5.69 Å². The van der Waals surface area contributed by atoms with E-state index in [-0.39, 0.29) is 17.9 Å². The molecular weight excluding hydrogens is 466 g/mol. The van der Waals surface area contributed by atoms with Gasteiger partial charge in [0.05, 0.1) is 18.5 Å². The molecule has 0 aliphatic carbocycles. The minimum absolute atomic E-state index is 0.0610. The summed E-state index contributed by atoms with van der Waals surface area (Å²) >= 11 is 0. The monoisotopic (exact) mass is 499 g/mol. The Balaban J connectivity index is 1.22. The molecule has 3 heterocycles. The third-order valence-electron chi connectivity index (χ3n) is 7.10. The van der Waals surface area contributed by atoms with Crippen LogP contribution < -0.4 is 15.2 Å². The second kappa shape index (κ2) is 10.5. The van der Waals surface area contributed by atoms with Crippen molar-refractivity contribution in [3.05, 3.63) is 82.9 Å². The molecule has 0 atom stereocenters. The Hall–Kier alpha value is -4.07. The molecule has 2 aromatic heterocycles. The number of aryl methyl sites for hydroxylation is 1. The van der Waals surface area contributed by atoms with Gasteiger partial charge in [0.25, 0.3) is 5.56 Å². The van der Waals surface area contributed by atoms with Gasteiger partial charge in [0.2, 0.25) is 5.91 Å². The Bertz CT molecular complexity index is 1450. The molecule has 0 unspecified atom stereocenters. The molecule has 0 bridgehead atoms. The number of carbonyl (C=O) groups excluding carboxylic acids is 1. The molecule has 1 fully saturated rings. The summed E-state index contributed by atoms with van der Waals surface area (Å²) in [6.45, 7) is 7.44. The Labute approximate surface area is 216 Å². The summed E-state index contributed by atoms with van der Waals surface area (Å²) < 4.78 is 8.70. The molecule has 8 nitrogen and oxygen atoms in total. The average Bonchev–Trinajstić information content (AvgIpc) is 3.38. The number of rotatable bonds is 7. The molecule has 1 aliphatic rings. The average molecular weight is 500 g/mol. The summed E-state index contributed by atoms with van der Waals surface area (Å²) in [7, 11) is 1.67. The summed E-state index contributed by atoms with van der Waals surface area (Å²) in [5, 5.41) is 4.59. The van der Waals surface area contributed by atoms with Crippen LogP contribution in [0.15, 0.2) is 71.8 Å². The lowest BCUT2D eigenvalue weighted by atomic mass is 10.0. The number of anilines is 1. The first kappa shape index (κ1) is 24.6. The van der Waals surface area contributed by atoms with Crippen LogP contribution in [-0.4, -0.2) is 58.3 Å². The van der Waals surface area contributed by atoms with E-state index < -0.39 is 0 Å². The molecule has 0 saturated carbocycles. The topological polar surface area (TPSA) is 72.1 Å². The molecule has 2 aromatic carbocycles. The third-order valence-corrected chi connectivity index (χ3v) is 7.10.